The van der Waals surface area contributed by atoms with E-state index in [9.17, 15) is 9.90 Å². The molecule has 0 bridgehead atoms. The lowest BCUT2D eigenvalue weighted by Gasteiger charge is -2.37. The van der Waals surface area contributed by atoms with Crippen LogP contribution < -0.4 is 5.32 Å². The van der Waals surface area contributed by atoms with Crippen LogP contribution in [-0.4, -0.2) is 47.0 Å². The predicted molar refractivity (Wildman–Crippen MR) is 80.9 cm³/mol. The molecule has 2 unspecified atom stereocenters. The van der Waals surface area contributed by atoms with Crippen molar-refractivity contribution in [2.24, 2.45) is 11.3 Å². The van der Waals surface area contributed by atoms with Gasteiger partial charge in [0.15, 0.2) is 5.69 Å². The highest BCUT2D eigenvalue weighted by Crippen LogP contribution is 2.48. The molecule has 6 heteroatoms. The Bertz CT molecular complexity index is 543. The van der Waals surface area contributed by atoms with Crippen molar-refractivity contribution in [1.82, 2.24) is 4.98 Å². The fraction of sp³-hybridized carbons (Fsp3) is 0.625. The Morgan fingerprint density at radius 1 is 1.36 bits per heavy atom. The van der Waals surface area contributed by atoms with Crippen LogP contribution in [0.3, 0.4) is 0 Å². The van der Waals surface area contributed by atoms with Crippen LogP contribution in [0.2, 0.25) is 0 Å². The smallest absolute Gasteiger partial charge is 0.354 e. The van der Waals surface area contributed by atoms with Crippen LogP contribution in [0.15, 0.2) is 18.2 Å². The second-order valence-corrected chi connectivity index (χ2v) is 6.31. The summed E-state index contributed by atoms with van der Waals surface area (Å²) in [6.07, 6.45) is 3.54. The van der Waals surface area contributed by atoms with Crippen molar-refractivity contribution in [2.45, 2.75) is 31.8 Å². The number of hydrogen-bond acceptors (Lipinski definition) is 5. The summed E-state index contributed by atoms with van der Waals surface area (Å²) in [5, 5.41) is 22.8. The van der Waals surface area contributed by atoms with Crippen molar-refractivity contribution in [2.75, 3.05) is 25.1 Å². The second-order valence-electron chi connectivity index (χ2n) is 6.31. The average Bonchev–Trinajstić information content (AvgIpc) is 2.83. The summed E-state index contributed by atoms with van der Waals surface area (Å²) in [5.41, 5.74) is 0.0406. The maximum atomic E-state index is 10.9. The summed E-state index contributed by atoms with van der Waals surface area (Å²) in [7, 11) is 0. The number of aromatic nitrogens is 1. The van der Waals surface area contributed by atoms with Gasteiger partial charge in [-0.3, -0.25) is 0 Å². The third-order valence-electron chi connectivity index (χ3n) is 5.09. The van der Waals surface area contributed by atoms with Gasteiger partial charge in [-0.15, -0.1) is 0 Å². The monoisotopic (exact) mass is 306 g/mol. The van der Waals surface area contributed by atoms with Gasteiger partial charge in [0.1, 0.15) is 5.82 Å². The molecule has 1 spiro atoms. The van der Waals surface area contributed by atoms with E-state index in [0.717, 1.165) is 38.9 Å². The molecule has 3 N–H and O–H groups in total. The van der Waals surface area contributed by atoms with Gasteiger partial charge >= 0.3 is 5.97 Å². The van der Waals surface area contributed by atoms with E-state index in [0.29, 0.717) is 12.4 Å². The molecule has 2 fully saturated rings. The van der Waals surface area contributed by atoms with Gasteiger partial charge in [0.05, 0.1) is 6.10 Å². The van der Waals surface area contributed by atoms with Gasteiger partial charge in [-0.05, 0) is 37.8 Å². The van der Waals surface area contributed by atoms with Gasteiger partial charge in [-0.2, -0.15) is 0 Å². The quantitative estimate of drug-likeness (QED) is 0.785. The zero-order chi connectivity index (χ0) is 15.6. The summed E-state index contributed by atoms with van der Waals surface area (Å²) in [4.78, 5) is 15.0. The molecule has 6 nitrogen and oxygen atoms in total. The standard InChI is InChI=1S/C16H22N2O4/c19-14-11(4-5-16(14)6-8-22-9-7-16)10-17-13-3-1-2-12(18-13)15(20)21/h1-3,11,14,19H,4-10H2,(H,17,18)(H,20,21). The molecule has 3 rings (SSSR count). The van der Waals surface area contributed by atoms with Crippen molar-refractivity contribution in [1.29, 1.82) is 0 Å². The highest BCUT2D eigenvalue weighted by molar-refractivity contribution is 5.85. The van der Waals surface area contributed by atoms with Gasteiger partial charge < -0.3 is 20.3 Å². The minimum atomic E-state index is -1.04. The van der Waals surface area contributed by atoms with E-state index in [1.165, 1.54) is 6.07 Å². The average molecular weight is 306 g/mol. The van der Waals surface area contributed by atoms with Crippen molar-refractivity contribution in [3.63, 3.8) is 0 Å². The highest BCUT2D eigenvalue weighted by Gasteiger charge is 2.47. The Labute approximate surface area is 129 Å². The lowest BCUT2D eigenvalue weighted by atomic mass is 9.76. The zero-order valence-corrected chi connectivity index (χ0v) is 12.5. The lowest BCUT2D eigenvalue weighted by Crippen LogP contribution is -2.40. The number of nitrogens with zero attached hydrogens (tertiary/aromatic N) is 1. The molecule has 0 amide bonds. The van der Waals surface area contributed by atoms with Crippen LogP contribution in [0.25, 0.3) is 0 Å². The fourth-order valence-electron chi connectivity index (χ4n) is 3.70. The van der Waals surface area contributed by atoms with Crippen LogP contribution >= 0.6 is 0 Å². The van der Waals surface area contributed by atoms with Crippen LogP contribution in [0.4, 0.5) is 5.82 Å². The van der Waals surface area contributed by atoms with Crippen LogP contribution in [-0.2, 0) is 4.74 Å². The van der Waals surface area contributed by atoms with E-state index in [2.05, 4.69) is 10.3 Å². The number of pyridine rings is 1. The van der Waals surface area contributed by atoms with Crippen LogP contribution in [0, 0.1) is 11.3 Å². The summed E-state index contributed by atoms with van der Waals surface area (Å²) >= 11 is 0. The molecule has 120 valence electrons. The topological polar surface area (TPSA) is 91.7 Å². The third kappa shape index (κ3) is 2.94. The Morgan fingerprint density at radius 2 is 2.14 bits per heavy atom. The van der Waals surface area contributed by atoms with E-state index in [4.69, 9.17) is 9.84 Å². The predicted octanol–water partition coefficient (Wildman–Crippen LogP) is 1.76. The maximum absolute atomic E-state index is 10.9. The number of carboxylic acid groups (broad SMARTS) is 1. The number of aromatic carboxylic acids is 1. The summed E-state index contributed by atoms with van der Waals surface area (Å²) < 4.78 is 5.41. The van der Waals surface area contributed by atoms with Crippen molar-refractivity contribution in [3.05, 3.63) is 23.9 Å². The first-order valence-electron chi connectivity index (χ1n) is 7.81. The number of nitrogens with one attached hydrogen (secondary N) is 1. The molecule has 22 heavy (non-hydrogen) atoms. The van der Waals surface area contributed by atoms with Gasteiger partial charge in [0.2, 0.25) is 0 Å². The van der Waals surface area contributed by atoms with E-state index < -0.39 is 5.97 Å². The van der Waals surface area contributed by atoms with Gasteiger partial charge in [-0.1, -0.05) is 6.07 Å². The number of aliphatic hydroxyl groups excluding tert-OH is 1. The number of hydrogen-bond donors (Lipinski definition) is 3. The number of aliphatic hydroxyl groups is 1. The van der Waals surface area contributed by atoms with Crippen molar-refractivity contribution in [3.8, 4) is 0 Å². The van der Waals surface area contributed by atoms with Crippen molar-refractivity contribution < 1.29 is 19.7 Å². The van der Waals surface area contributed by atoms with Gasteiger partial charge in [0.25, 0.3) is 0 Å². The Kier molecular flexibility index (Phi) is 4.31. The van der Waals surface area contributed by atoms with E-state index in [-0.39, 0.29) is 23.1 Å². The molecule has 1 saturated heterocycles. The minimum Gasteiger partial charge on any atom is -0.477 e. The number of carbonyl (C=O) groups is 1. The first kappa shape index (κ1) is 15.2. The molecule has 1 saturated carbocycles. The van der Waals surface area contributed by atoms with Gasteiger partial charge in [-0.25, -0.2) is 9.78 Å². The number of rotatable bonds is 4. The van der Waals surface area contributed by atoms with Crippen LogP contribution in [0.1, 0.15) is 36.2 Å². The molecule has 0 radical (unpaired) electrons. The van der Waals surface area contributed by atoms with Gasteiger partial charge in [0, 0.05) is 31.1 Å². The molecule has 2 atom stereocenters. The molecule has 1 aliphatic heterocycles. The van der Waals surface area contributed by atoms with Crippen LogP contribution in [0.5, 0.6) is 0 Å². The Balaban J connectivity index is 1.60. The Hall–Kier alpha value is -1.66. The zero-order valence-electron chi connectivity index (χ0n) is 12.5. The lowest BCUT2D eigenvalue weighted by molar-refractivity contribution is -0.0545. The first-order chi connectivity index (χ1) is 10.6. The number of carboxylic acids is 1. The molecule has 2 heterocycles. The normalized spacial score (nSPS) is 27.0. The molecule has 0 aromatic carbocycles. The number of anilines is 1. The molecule has 2 aliphatic rings. The molecule has 1 aliphatic carbocycles. The number of ether oxygens (including phenoxy) is 1. The van der Waals surface area contributed by atoms with E-state index >= 15 is 0 Å². The molecule has 1 aromatic heterocycles. The van der Waals surface area contributed by atoms with E-state index in [1.807, 2.05) is 0 Å². The highest BCUT2D eigenvalue weighted by atomic mass is 16.5. The minimum absolute atomic E-state index is 0.0148. The largest absolute Gasteiger partial charge is 0.477 e. The first-order valence-corrected chi connectivity index (χ1v) is 7.81. The molecular weight excluding hydrogens is 284 g/mol. The molecular formula is C16H22N2O4. The summed E-state index contributed by atoms with van der Waals surface area (Å²) in [6.45, 7) is 2.08. The summed E-state index contributed by atoms with van der Waals surface area (Å²) in [5.74, 6) is -0.320. The maximum Gasteiger partial charge on any atom is 0.354 e. The third-order valence-corrected chi connectivity index (χ3v) is 5.09. The van der Waals surface area contributed by atoms with E-state index in [1.54, 1.807) is 12.1 Å². The SMILES string of the molecule is O=C(O)c1cccc(NCC2CCC3(CCOCC3)C2O)n1. The Morgan fingerprint density at radius 3 is 2.86 bits per heavy atom. The molecule has 1 aromatic rings. The fourth-order valence-corrected chi connectivity index (χ4v) is 3.70. The second kappa shape index (κ2) is 6.22. The summed E-state index contributed by atoms with van der Waals surface area (Å²) in [6, 6.07) is 4.89. The van der Waals surface area contributed by atoms with Crippen molar-refractivity contribution >= 4 is 11.8 Å².